The third-order valence-corrected chi connectivity index (χ3v) is 3.88. The first-order valence-electron chi connectivity index (χ1n) is 7.22. The molecule has 1 aromatic carbocycles. The fourth-order valence-electron chi connectivity index (χ4n) is 2.61. The molecule has 0 amide bonds. The molecule has 0 radical (unpaired) electrons. The number of aromatic nitrogens is 2. The molecule has 3 rings (SSSR count). The number of esters is 1. The van der Waals surface area contributed by atoms with Gasteiger partial charge in [-0.25, -0.2) is 9.78 Å². The Morgan fingerprint density at radius 1 is 1.35 bits per heavy atom. The first-order valence-corrected chi connectivity index (χ1v) is 7.22. The lowest BCUT2D eigenvalue weighted by atomic mass is 10.1. The molecule has 2 aromatic heterocycles. The van der Waals surface area contributed by atoms with Gasteiger partial charge < -0.3 is 18.5 Å². The van der Waals surface area contributed by atoms with Crippen LogP contribution in [0.3, 0.4) is 0 Å². The van der Waals surface area contributed by atoms with Crippen molar-refractivity contribution in [2.75, 3.05) is 7.11 Å². The third-order valence-electron chi connectivity index (χ3n) is 3.88. The molecule has 6 nitrogen and oxygen atoms in total. The molecule has 3 aromatic rings. The van der Waals surface area contributed by atoms with Crippen LogP contribution in [-0.2, 0) is 18.4 Å². The second-order valence-corrected chi connectivity index (χ2v) is 5.34. The lowest BCUT2D eigenvalue weighted by Gasteiger charge is -2.05. The van der Waals surface area contributed by atoms with Crippen molar-refractivity contribution in [3.8, 4) is 5.75 Å². The molecule has 0 spiro atoms. The van der Waals surface area contributed by atoms with Crippen LogP contribution in [0.25, 0.3) is 10.9 Å². The number of benzene rings is 1. The molecule has 0 saturated heterocycles. The van der Waals surface area contributed by atoms with Gasteiger partial charge in [0, 0.05) is 23.6 Å². The van der Waals surface area contributed by atoms with E-state index < -0.39 is 0 Å². The molecule has 0 fully saturated rings. The summed E-state index contributed by atoms with van der Waals surface area (Å²) in [6, 6.07) is 5.62. The Bertz CT molecular complexity index is 876. The van der Waals surface area contributed by atoms with Gasteiger partial charge in [0.05, 0.1) is 18.9 Å². The predicted molar refractivity (Wildman–Crippen MR) is 84.6 cm³/mol. The van der Waals surface area contributed by atoms with Gasteiger partial charge in [0.2, 0.25) is 5.89 Å². The standard InChI is InChI=1S/C17H18N2O4/c1-10-8-18-15(23-10)9-22-12-5-6-14-13(7-12)16(17(20)21-4)11(2)19(14)3/h5-8H,9H2,1-4H3. The molecule has 23 heavy (non-hydrogen) atoms. The predicted octanol–water partition coefficient (Wildman–Crippen LogP) is 3.15. The summed E-state index contributed by atoms with van der Waals surface area (Å²) in [4.78, 5) is 16.2. The van der Waals surface area contributed by atoms with Gasteiger partial charge in [0.1, 0.15) is 11.5 Å². The molecule has 0 aliphatic rings. The van der Waals surface area contributed by atoms with Gasteiger partial charge >= 0.3 is 5.97 Å². The summed E-state index contributed by atoms with van der Waals surface area (Å²) < 4.78 is 17.9. The van der Waals surface area contributed by atoms with Gasteiger partial charge in [0.25, 0.3) is 0 Å². The van der Waals surface area contributed by atoms with Crippen LogP contribution in [0, 0.1) is 13.8 Å². The molecular formula is C17H18N2O4. The highest BCUT2D eigenvalue weighted by Gasteiger charge is 2.19. The van der Waals surface area contributed by atoms with Gasteiger partial charge in [-0.05, 0) is 32.0 Å². The van der Waals surface area contributed by atoms with Gasteiger partial charge in [-0.2, -0.15) is 0 Å². The van der Waals surface area contributed by atoms with Crippen molar-refractivity contribution in [3.63, 3.8) is 0 Å². The van der Waals surface area contributed by atoms with E-state index in [-0.39, 0.29) is 12.6 Å². The molecule has 0 N–H and O–H groups in total. The number of nitrogens with zero attached hydrogens (tertiary/aromatic N) is 2. The number of oxazole rings is 1. The van der Waals surface area contributed by atoms with Crippen molar-refractivity contribution in [2.45, 2.75) is 20.5 Å². The Hall–Kier alpha value is -2.76. The molecular weight excluding hydrogens is 296 g/mol. The van der Waals surface area contributed by atoms with Crippen molar-refractivity contribution in [2.24, 2.45) is 7.05 Å². The molecule has 0 aliphatic heterocycles. The SMILES string of the molecule is COC(=O)c1c(C)n(C)c2ccc(OCc3ncc(C)o3)cc12. The van der Waals surface area contributed by atoms with Crippen LogP contribution in [-0.4, -0.2) is 22.6 Å². The largest absolute Gasteiger partial charge is 0.484 e. The molecule has 0 saturated carbocycles. The summed E-state index contributed by atoms with van der Waals surface area (Å²) >= 11 is 0. The number of ether oxygens (including phenoxy) is 2. The van der Waals surface area contributed by atoms with E-state index >= 15 is 0 Å². The van der Waals surface area contributed by atoms with E-state index in [1.807, 2.05) is 43.7 Å². The second kappa shape index (κ2) is 5.79. The summed E-state index contributed by atoms with van der Waals surface area (Å²) in [7, 11) is 3.30. The minimum atomic E-state index is -0.353. The average molecular weight is 314 g/mol. The summed E-state index contributed by atoms with van der Waals surface area (Å²) in [6.45, 7) is 3.96. The van der Waals surface area contributed by atoms with Crippen molar-refractivity contribution < 1.29 is 18.7 Å². The Morgan fingerprint density at radius 2 is 2.13 bits per heavy atom. The quantitative estimate of drug-likeness (QED) is 0.692. The highest BCUT2D eigenvalue weighted by atomic mass is 16.5. The minimum Gasteiger partial charge on any atom is -0.484 e. The number of hydrogen-bond donors (Lipinski definition) is 0. The van der Waals surface area contributed by atoms with E-state index in [0.717, 1.165) is 22.4 Å². The zero-order chi connectivity index (χ0) is 16.6. The summed E-state index contributed by atoms with van der Waals surface area (Å²) in [5.74, 6) is 1.54. The number of methoxy groups -OCH3 is 1. The Morgan fingerprint density at radius 3 is 2.78 bits per heavy atom. The van der Waals surface area contributed by atoms with Crippen molar-refractivity contribution in [3.05, 3.63) is 47.3 Å². The minimum absolute atomic E-state index is 0.235. The monoisotopic (exact) mass is 314 g/mol. The zero-order valence-corrected chi connectivity index (χ0v) is 13.5. The molecule has 0 bridgehead atoms. The molecule has 0 unspecified atom stereocenters. The molecule has 120 valence electrons. The number of hydrogen-bond acceptors (Lipinski definition) is 5. The summed E-state index contributed by atoms with van der Waals surface area (Å²) in [5, 5.41) is 0.804. The molecule has 2 heterocycles. The third kappa shape index (κ3) is 2.67. The maximum Gasteiger partial charge on any atom is 0.340 e. The van der Waals surface area contributed by atoms with E-state index in [4.69, 9.17) is 13.9 Å². The van der Waals surface area contributed by atoms with Crippen molar-refractivity contribution >= 4 is 16.9 Å². The van der Waals surface area contributed by atoms with Gasteiger partial charge in [0.15, 0.2) is 6.61 Å². The van der Waals surface area contributed by atoms with Gasteiger partial charge in [-0.3, -0.25) is 0 Å². The van der Waals surface area contributed by atoms with Crippen molar-refractivity contribution in [1.29, 1.82) is 0 Å². The number of aryl methyl sites for hydroxylation is 2. The highest BCUT2D eigenvalue weighted by molar-refractivity contribution is 6.06. The molecule has 6 heteroatoms. The fraction of sp³-hybridized carbons (Fsp3) is 0.294. The smallest absolute Gasteiger partial charge is 0.340 e. The normalized spacial score (nSPS) is 11.0. The summed E-state index contributed by atoms with van der Waals surface area (Å²) in [5.41, 5.74) is 2.36. The Kier molecular flexibility index (Phi) is 3.82. The van der Waals surface area contributed by atoms with E-state index in [2.05, 4.69) is 4.98 Å². The maximum atomic E-state index is 12.1. The van der Waals surface area contributed by atoms with Gasteiger partial charge in [-0.15, -0.1) is 0 Å². The first-order chi connectivity index (χ1) is 11.0. The summed E-state index contributed by atoms with van der Waals surface area (Å²) in [6.07, 6.45) is 1.65. The highest BCUT2D eigenvalue weighted by Crippen LogP contribution is 2.29. The lowest BCUT2D eigenvalue weighted by Crippen LogP contribution is -2.03. The van der Waals surface area contributed by atoms with Crippen LogP contribution >= 0.6 is 0 Å². The Balaban J connectivity index is 1.95. The van der Waals surface area contributed by atoms with Crippen LogP contribution < -0.4 is 4.74 Å². The topological polar surface area (TPSA) is 66.5 Å². The molecule has 0 aliphatic carbocycles. The number of carbonyl (C=O) groups excluding carboxylic acids is 1. The molecule has 0 atom stereocenters. The van der Waals surface area contributed by atoms with Crippen LogP contribution in [0.4, 0.5) is 0 Å². The van der Waals surface area contributed by atoms with E-state index in [1.54, 1.807) is 6.20 Å². The van der Waals surface area contributed by atoms with Crippen LogP contribution in [0.1, 0.15) is 27.7 Å². The van der Waals surface area contributed by atoms with Crippen LogP contribution in [0.5, 0.6) is 5.75 Å². The van der Waals surface area contributed by atoms with E-state index in [9.17, 15) is 4.79 Å². The number of rotatable bonds is 4. The van der Waals surface area contributed by atoms with Crippen molar-refractivity contribution in [1.82, 2.24) is 9.55 Å². The first kappa shape index (κ1) is 15.1. The van der Waals surface area contributed by atoms with E-state index in [1.165, 1.54) is 7.11 Å². The fourth-order valence-corrected chi connectivity index (χ4v) is 2.61. The van der Waals surface area contributed by atoms with Crippen LogP contribution in [0.2, 0.25) is 0 Å². The Labute approximate surface area is 133 Å². The average Bonchev–Trinajstić information content (AvgIpc) is 3.07. The number of carbonyl (C=O) groups is 1. The number of fused-ring (bicyclic) bond motifs is 1. The second-order valence-electron chi connectivity index (χ2n) is 5.34. The van der Waals surface area contributed by atoms with E-state index in [0.29, 0.717) is 17.2 Å². The van der Waals surface area contributed by atoms with Crippen LogP contribution in [0.15, 0.2) is 28.8 Å². The maximum absolute atomic E-state index is 12.1. The van der Waals surface area contributed by atoms with Gasteiger partial charge in [-0.1, -0.05) is 0 Å². The lowest BCUT2D eigenvalue weighted by molar-refractivity contribution is 0.0602. The zero-order valence-electron chi connectivity index (χ0n) is 13.5.